The zero-order valence-corrected chi connectivity index (χ0v) is 16.4. The molecule has 130 valence electrons. The van der Waals surface area contributed by atoms with E-state index in [1.165, 1.54) is 27.9 Å². The van der Waals surface area contributed by atoms with Crippen molar-refractivity contribution in [3.05, 3.63) is 52.2 Å². The zero-order valence-electron chi connectivity index (χ0n) is 15.7. The second kappa shape index (κ2) is 5.04. The molecular weight excluding hydrogens is 330 g/mol. The Kier molecular flexibility index (Phi) is 3.34. The average molecular weight is 354 g/mol. The molecule has 0 unspecified atom stereocenters. The molecule has 3 heteroatoms. The third kappa shape index (κ3) is 2.17. The number of halogens is 1. The van der Waals surface area contributed by atoms with Gasteiger partial charge in [-0.1, -0.05) is 64.4 Å². The maximum absolute atomic E-state index is 6.49. The molecule has 1 aromatic heterocycles. The van der Waals surface area contributed by atoms with Gasteiger partial charge in [-0.25, -0.2) is 0 Å². The van der Waals surface area contributed by atoms with E-state index in [0.29, 0.717) is 0 Å². The summed E-state index contributed by atoms with van der Waals surface area (Å²) in [7, 11) is 1.72. The number of benzene rings is 2. The van der Waals surface area contributed by atoms with E-state index in [0.717, 1.165) is 21.7 Å². The summed E-state index contributed by atoms with van der Waals surface area (Å²) >= 11 is 6.49. The highest BCUT2D eigenvalue weighted by Gasteiger charge is 2.40. The summed E-state index contributed by atoms with van der Waals surface area (Å²) < 4.78 is 5.67. The Bertz CT molecular complexity index is 1010. The predicted octanol–water partition coefficient (Wildman–Crippen LogP) is 6.43. The van der Waals surface area contributed by atoms with Gasteiger partial charge in [0.05, 0.1) is 23.0 Å². The molecule has 0 fully saturated rings. The first-order valence-corrected chi connectivity index (χ1v) is 9.08. The normalized spacial score (nSPS) is 15.3. The molecule has 0 bridgehead atoms. The Labute approximate surface area is 154 Å². The van der Waals surface area contributed by atoms with Gasteiger partial charge < -0.3 is 9.72 Å². The van der Waals surface area contributed by atoms with Crippen molar-refractivity contribution in [2.75, 3.05) is 7.11 Å². The number of rotatable bonds is 1. The number of aromatic amines is 1. The van der Waals surface area contributed by atoms with Crippen LogP contribution >= 0.6 is 11.6 Å². The molecule has 1 heterocycles. The molecule has 1 aliphatic rings. The van der Waals surface area contributed by atoms with Gasteiger partial charge in [0.15, 0.2) is 0 Å². The van der Waals surface area contributed by atoms with E-state index in [9.17, 15) is 0 Å². The molecule has 2 aromatic carbocycles. The van der Waals surface area contributed by atoms with E-state index in [2.05, 4.69) is 57.8 Å². The van der Waals surface area contributed by atoms with E-state index in [1.807, 2.05) is 12.1 Å². The van der Waals surface area contributed by atoms with Crippen LogP contribution < -0.4 is 4.74 Å². The van der Waals surface area contributed by atoms with Crippen LogP contribution in [0.1, 0.15) is 51.4 Å². The fraction of sp³-hybridized carbons (Fsp3) is 0.364. The van der Waals surface area contributed by atoms with Crippen LogP contribution in [0.15, 0.2) is 30.3 Å². The minimum absolute atomic E-state index is 0.0888. The van der Waals surface area contributed by atoms with Gasteiger partial charge in [0.1, 0.15) is 5.75 Å². The monoisotopic (exact) mass is 353 g/mol. The molecule has 4 rings (SSSR count). The van der Waals surface area contributed by atoms with Gasteiger partial charge in [0.2, 0.25) is 0 Å². The summed E-state index contributed by atoms with van der Waals surface area (Å²) in [5.74, 6) is 0.863. The number of fused-ring (bicyclic) bond motifs is 5. The number of ether oxygens (including phenoxy) is 1. The molecule has 0 radical (unpaired) electrons. The third-order valence-corrected chi connectivity index (χ3v) is 5.85. The van der Waals surface area contributed by atoms with E-state index >= 15 is 0 Å². The molecule has 1 N–H and O–H groups in total. The lowest BCUT2D eigenvalue weighted by Crippen LogP contribution is -2.17. The first-order chi connectivity index (χ1) is 11.7. The first-order valence-electron chi connectivity index (χ1n) is 8.70. The van der Waals surface area contributed by atoms with Crippen molar-refractivity contribution in [3.63, 3.8) is 0 Å². The highest BCUT2D eigenvalue weighted by atomic mass is 35.5. The SMILES string of the molecule is COc1ccc(Cl)c2[nH]c3c(c12)-c1cc(C(C)(C)C)ccc1C3(C)C. The fourth-order valence-electron chi connectivity index (χ4n) is 4.05. The summed E-state index contributed by atoms with van der Waals surface area (Å²) in [6.45, 7) is 11.3. The third-order valence-electron chi connectivity index (χ3n) is 5.54. The second-order valence-corrected chi connectivity index (χ2v) is 8.92. The van der Waals surface area contributed by atoms with Crippen LogP contribution in [0.4, 0.5) is 0 Å². The minimum atomic E-state index is -0.0888. The van der Waals surface area contributed by atoms with Crippen molar-refractivity contribution in [2.45, 2.75) is 45.4 Å². The van der Waals surface area contributed by atoms with Gasteiger partial charge in [0.25, 0.3) is 0 Å². The number of methoxy groups -OCH3 is 1. The van der Waals surface area contributed by atoms with Gasteiger partial charge in [-0.2, -0.15) is 0 Å². The molecule has 25 heavy (non-hydrogen) atoms. The second-order valence-electron chi connectivity index (χ2n) is 8.51. The lowest BCUT2D eigenvalue weighted by Gasteiger charge is -2.23. The van der Waals surface area contributed by atoms with Gasteiger partial charge >= 0.3 is 0 Å². The zero-order chi connectivity index (χ0) is 18.1. The van der Waals surface area contributed by atoms with Gasteiger partial charge in [0, 0.05) is 16.7 Å². The summed E-state index contributed by atoms with van der Waals surface area (Å²) in [6.07, 6.45) is 0. The summed E-state index contributed by atoms with van der Waals surface area (Å²) in [5.41, 5.74) is 7.42. The molecule has 1 aliphatic carbocycles. The van der Waals surface area contributed by atoms with Crippen LogP contribution in [0.3, 0.4) is 0 Å². The average Bonchev–Trinajstić information content (AvgIpc) is 3.04. The van der Waals surface area contributed by atoms with Crippen molar-refractivity contribution >= 4 is 22.5 Å². The lowest BCUT2D eigenvalue weighted by molar-refractivity contribution is 0.420. The van der Waals surface area contributed by atoms with Crippen molar-refractivity contribution < 1.29 is 4.74 Å². The van der Waals surface area contributed by atoms with E-state index in [4.69, 9.17) is 16.3 Å². The Hall–Kier alpha value is -1.93. The van der Waals surface area contributed by atoms with Crippen LogP contribution in [0.5, 0.6) is 5.75 Å². The number of nitrogens with one attached hydrogen (secondary N) is 1. The standard InChI is InChI=1S/C22H24ClNO/c1-21(2,3)12-7-8-14-13(11-12)17-18-16(25-6)10-9-15(23)19(18)24-20(17)22(14,4)5/h7-11,24H,1-6H3. The van der Waals surface area contributed by atoms with E-state index in [-0.39, 0.29) is 10.8 Å². The largest absolute Gasteiger partial charge is 0.496 e. The Morgan fingerprint density at radius 3 is 2.44 bits per heavy atom. The van der Waals surface area contributed by atoms with Crippen molar-refractivity contribution in [1.29, 1.82) is 0 Å². The van der Waals surface area contributed by atoms with Crippen molar-refractivity contribution in [1.82, 2.24) is 4.98 Å². The number of hydrogen-bond donors (Lipinski definition) is 1. The molecule has 0 atom stereocenters. The molecule has 0 spiro atoms. The fourth-order valence-corrected chi connectivity index (χ4v) is 4.25. The predicted molar refractivity (Wildman–Crippen MR) is 106 cm³/mol. The maximum Gasteiger partial charge on any atom is 0.128 e. The van der Waals surface area contributed by atoms with Crippen molar-refractivity contribution in [3.8, 4) is 16.9 Å². The smallest absolute Gasteiger partial charge is 0.128 e. The molecule has 3 aromatic rings. The van der Waals surface area contributed by atoms with Crippen LogP contribution in [0, 0.1) is 0 Å². The molecule has 0 saturated carbocycles. The quantitative estimate of drug-likeness (QED) is 0.535. The van der Waals surface area contributed by atoms with E-state index < -0.39 is 0 Å². The van der Waals surface area contributed by atoms with Gasteiger partial charge in [-0.15, -0.1) is 0 Å². The Morgan fingerprint density at radius 2 is 1.80 bits per heavy atom. The Balaban J connectivity index is 2.14. The molecule has 0 amide bonds. The topological polar surface area (TPSA) is 25.0 Å². The van der Waals surface area contributed by atoms with Crippen LogP contribution in [-0.4, -0.2) is 12.1 Å². The van der Waals surface area contributed by atoms with Crippen molar-refractivity contribution in [2.24, 2.45) is 0 Å². The number of H-pyrrole nitrogens is 1. The van der Waals surface area contributed by atoms with Gasteiger partial charge in [-0.05, 0) is 34.2 Å². The van der Waals surface area contributed by atoms with Crippen LogP contribution in [0.2, 0.25) is 5.02 Å². The summed E-state index contributed by atoms with van der Waals surface area (Å²) in [6, 6.07) is 10.7. The van der Waals surface area contributed by atoms with E-state index in [1.54, 1.807) is 7.11 Å². The summed E-state index contributed by atoms with van der Waals surface area (Å²) in [4.78, 5) is 3.60. The van der Waals surface area contributed by atoms with Crippen LogP contribution in [0.25, 0.3) is 22.0 Å². The highest BCUT2D eigenvalue weighted by molar-refractivity contribution is 6.36. The molecule has 0 saturated heterocycles. The first kappa shape index (κ1) is 16.5. The maximum atomic E-state index is 6.49. The number of aromatic nitrogens is 1. The minimum Gasteiger partial charge on any atom is -0.496 e. The highest BCUT2D eigenvalue weighted by Crippen LogP contribution is 2.54. The lowest BCUT2D eigenvalue weighted by atomic mass is 9.81. The number of hydrogen-bond acceptors (Lipinski definition) is 1. The molecule has 0 aliphatic heterocycles. The molecule has 2 nitrogen and oxygen atoms in total. The van der Waals surface area contributed by atoms with Gasteiger partial charge in [-0.3, -0.25) is 0 Å². The molecular formula is C22H24ClNO. The summed E-state index contributed by atoms with van der Waals surface area (Å²) in [5, 5.41) is 1.82. The Morgan fingerprint density at radius 1 is 1.08 bits per heavy atom. The van der Waals surface area contributed by atoms with Crippen LogP contribution in [-0.2, 0) is 10.8 Å².